The predicted molar refractivity (Wildman–Crippen MR) is 42.1 cm³/mol. The van der Waals surface area contributed by atoms with Crippen LogP contribution in [0.25, 0.3) is 0 Å². The Hall–Kier alpha value is -0.380. The third-order valence-corrected chi connectivity index (χ3v) is 0.534. The van der Waals surface area contributed by atoms with Crippen LogP contribution in [0.3, 0.4) is 0 Å². The lowest BCUT2D eigenvalue weighted by molar-refractivity contribution is -0.270. The number of hydrogen-bond donors (Lipinski definition) is 2. The first-order valence-corrected chi connectivity index (χ1v) is 3.76. The molecule has 0 aliphatic heterocycles. The van der Waals surface area contributed by atoms with Gasteiger partial charge in [-0.25, -0.2) is 8.42 Å². The van der Waals surface area contributed by atoms with Gasteiger partial charge in [0.25, 0.3) is 11.0 Å². The third-order valence-electron chi connectivity index (χ3n) is 0.178. The maximum atomic E-state index is 10.7. The summed E-state index contributed by atoms with van der Waals surface area (Å²) in [6.07, 6.45) is -5.07. The summed E-state index contributed by atoms with van der Waals surface area (Å²) in [5.41, 5.74) is 0. The van der Waals surface area contributed by atoms with Crippen molar-refractivity contribution in [2.24, 2.45) is 0 Å². The maximum Gasteiger partial charge on any atom is 0.537 e. The van der Waals surface area contributed by atoms with Gasteiger partial charge < -0.3 is 11.1 Å². The minimum atomic E-state index is -5.07. The highest BCUT2D eigenvalue weighted by atomic mass is 32.2. The highest BCUT2D eigenvalue weighted by molar-refractivity contribution is 7.67. The van der Waals surface area contributed by atoms with E-state index >= 15 is 0 Å². The minimum absolute atomic E-state index is 0. The van der Waals surface area contributed by atoms with Gasteiger partial charge in [-0.1, -0.05) is 0 Å². The summed E-state index contributed by atoms with van der Waals surface area (Å²) in [7, 11) is 2.19. The zero-order chi connectivity index (χ0) is 10.4. The van der Waals surface area contributed by atoms with Crippen LogP contribution in [0.2, 0.25) is 0 Å². The monoisotopic (exact) mass is 226 g/mol. The summed E-state index contributed by atoms with van der Waals surface area (Å²) in [5, 5.41) is 0. The molecule has 0 bridgehead atoms. The van der Waals surface area contributed by atoms with Crippen LogP contribution in [-0.4, -0.2) is 40.8 Å². The fourth-order valence-corrected chi connectivity index (χ4v) is 0.254. The van der Waals surface area contributed by atoms with Crippen molar-refractivity contribution in [3.63, 3.8) is 0 Å². The van der Waals surface area contributed by atoms with Gasteiger partial charge in [-0.2, -0.15) is 4.18 Å². The molecule has 0 aromatic rings. The third kappa shape index (κ3) is 50.4. The fourth-order valence-electron chi connectivity index (χ4n) is 0.0845. The second-order valence-corrected chi connectivity index (χ2v) is 2.73. The Morgan fingerprint density at radius 1 is 1.15 bits per heavy atom. The summed E-state index contributed by atoms with van der Waals surface area (Å²) in [6.45, 7) is 0. The van der Waals surface area contributed by atoms with E-state index in [9.17, 15) is 13.2 Å². The lowest BCUT2D eigenvalue weighted by atomic mass is 11.0. The van der Waals surface area contributed by atoms with E-state index in [0.29, 0.717) is 0 Å². The molecule has 0 aromatic carbocycles. The molecule has 0 fully saturated rings. The molecule has 5 nitrogen and oxygen atoms in total. The van der Waals surface area contributed by atoms with E-state index in [2.05, 4.69) is 4.18 Å². The highest BCUT2D eigenvalue weighted by Crippen LogP contribution is 2.15. The zero-order valence-corrected chi connectivity index (χ0v) is 8.35. The number of alkyl halides is 3. The van der Waals surface area contributed by atoms with Crippen LogP contribution in [0.5, 0.6) is 0 Å². The molecule has 0 saturated carbocycles. The van der Waals surface area contributed by atoms with Crippen molar-refractivity contribution in [2.45, 2.75) is 6.36 Å². The van der Waals surface area contributed by atoms with E-state index in [4.69, 9.17) is 8.42 Å². The molecule has 0 heterocycles. The molecule has 13 heavy (non-hydrogen) atoms. The topological polar surface area (TPSA) is 81.6 Å². The molecule has 0 radical (unpaired) electrons. The quantitative estimate of drug-likeness (QED) is 0.632. The van der Waals surface area contributed by atoms with Gasteiger partial charge in [0.2, 0.25) is 0 Å². The predicted octanol–water partition coefficient (Wildman–Crippen LogP) is 0.389. The molecule has 0 unspecified atom stereocenters. The van der Waals surface area contributed by atoms with E-state index in [-0.39, 0.29) is 6.15 Å². The fraction of sp³-hybridized carbons (Fsp3) is 1.00. The largest absolute Gasteiger partial charge is 0.537 e. The maximum absolute atomic E-state index is 10.7. The van der Waals surface area contributed by atoms with Crippen molar-refractivity contribution < 1.29 is 25.8 Å². The normalized spacial score (nSPS) is 10.5. The van der Waals surface area contributed by atoms with Gasteiger partial charge in [-0.05, 0) is 21.1 Å². The molecule has 0 amide bonds. The van der Waals surface area contributed by atoms with Gasteiger partial charge in [0.05, 0.1) is 0 Å². The van der Waals surface area contributed by atoms with E-state index in [1.807, 2.05) is 26.0 Å². The van der Waals surface area contributed by atoms with Crippen LogP contribution in [0.4, 0.5) is 13.2 Å². The Labute approximate surface area is 76.2 Å². The molecule has 0 atom stereocenters. The average Bonchev–Trinajstić information content (AvgIpc) is 1.52. The molecule has 84 valence electrons. The van der Waals surface area contributed by atoms with Gasteiger partial charge in [-0.3, -0.25) is 0 Å². The summed E-state index contributed by atoms with van der Waals surface area (Å²) < 4.78 is 52.7. The van der Waals surface area contributed by atoms with Crippen molar-refractivity contribution >= 4 is 11.0 Å². The van der Waals surface area contributed by atoms with Crippen LogP contribution in [0.1, 0.15) is 0 Å². The van der Waals surface area contributed by atoms with Crippen molar-refractivity contribution in [1.29, 1.82) is 0 Å². The van der Waals surface area contributed by atoms with E-state index in [1.54, 1.807) is 0 Å². The van der Waals surface area contributed by atoms with Gasteiger partial charge in [-0.15, -0.1) is 13.2 Å². The molecule has 0 aromatic heterocycles. The van der Waals surface area contributed by atoms with Gasteiger partial charge in [0.15, 0.2) is 0 Å². The average molecular weight is 226 g/mol. The molecule has 0 rings (SSSR count). The molecular weight excluding hydrogens is 213 g/mol. The van der Waals surface area contributed by atoms with Crippen LogP contribution in [0.15, 0.2) is 0 Å². The van der Waals surface area contributed by atoms with Crippen LogP contribution in [-0.2, 0) is 15.2 Å². The molecule has 0 spiro atoms. The highest BCUT2D eigenvalue weighted by Gasteiger charge is 2.30. The second kappa shape index (κ2) is 8.23. The summed E-state index contributed by atoms with van der Waals surface area (Å²) in [5.74, 6) is 0. The number of nitrogens with zero attached hydrogens (tertiary/aromatic N) is 1. The molecule has 0 aliphatic rings. The molecule has 0 saturated heterocycles. The second-order valence-electron chi connectivity index (χ2n) is 2.10. The Morgan fingerprint density at radius 3 is 1.38 bits per heavy atom. The Morgan fingerprint density at radius 2 is 1.38 bits per heavy atom. The molecule has 9 heteroatoms. The van der Waals surface area contributed by atoms with E-state index in [0.717, 1.165) is 0 Å². The first-order valence-electron chi connectivity index (χ1n) is 2.66. The van der Waals surface area contributed by atoms with Crippen molar-refractivity contribution in [1.82, 2.24) is 11.1 Å². The molecule has 0 aliphatic carbocycles. The first-order chi connectivity index (χ1) is 5.15. The number of rotatable bonds is 1. The number of halogens is 3. The zero-order valence-electron chi connectivity index (χ0n) is 7.46. The Bertz CT molecular complexity index is 169. The first kappa shape index (κ1) is 18.4. The van der Waals surface area contributed by atoms with Gasteiger partial charge in [0, 0.05) is 0 Å². The van der Waals surface area contributed by atoms with Crippen molar-refractivity contribution in [3.8, 4) is 0 Å². The molecule has 3 N–H and O–H groups in total. The summed E-state index contributed by atoms with van der Waals surface area (Å²) in [4.78, 5) is 2.00. The minimum Gasteiger partial charge on any atom is -0.344 e. The van der Waals surface area contributed by atoms with Crippen LogP contribution < -0.4 is 6.15 Å². The standard InChI is InChI=1S/C3H9N.CHF3O3S.H3N/c1-4(2)3;2-1(3,4)7-8(5)6;/h1-3H3;8H;1H3. The van der Waals surface area contributed by atoms with Crippen molar-refractivity contribution in [3.05, 3.63) is 0 Å². The Kier molecular flexibility index (Phi) is 11.7. The SMILES string of the molecule is CN(C)C.N.O=[SH](=O)OC(F)(F)F. The lowest BCUT2D eigenvalue weighted by Gasteiger charge is -1.96. The van der Waals surface area contributed by atoms with Gasteiger partial charge >= 0.3 is 6.36 Å². The summed E-state index contributed by atoms with van der Waals surface area (Å²) >= 11 is 0. The Balaban J connectivity index is -0.000000173. The van der Waals surface area contributed by atoms with Crippen molar-refractivity contribution in [2.75, 3.05) is 21.1 Å². The van der Waals surface area contributed by atoms with Gasteiger partial charge in [0.1, 0.15) is 0 Å². The number of thiol groups is 1. The lowest BCUT2D eigenvalue weighted by Crippen LogP contribution is -2.11. The molecular formula is C4H13F3N2O3S. The number of hydrogen-bond acceptors (Lipinski definition) is 5. The smallest absolute Gasteiger partial charge is 0.344 e. The van der Waals surface area contributed by atoms with E-state index < -0.39 is 17.3 Å². The van der Waals surface area contributed by atoms with Crippen LogP contribution >= 0.6 is 0 Å². The van der Waals surface area contributed by atoms with Crippen LogP contribution in [0, 0.1) is 0 Å². The summed E-state index contributed by atoms with van der Waals surface area (Å²) in [6, 6.07) is 0. The van der Waals surface area contributed by atoms with E-state index in [1.165, 1.54) is 0 Å².